The molecule has 0 fully saturated rings. The lowest BCUT2D eigenvalue weighted by Gasteiger charge is -2.20. The van der Waals surface area contributed by atoms with Gasteiger partial charge >= 0.3 is 5.97 Å². The largest absolute Gasteiger partial charge is 0.465 e. The predicted octanol–water partition coefficient (Wildman–Crippen LogP) is 2.09. The fraction of sp³-hybridized carbons (Fsp3) is 0.429. The molecule has 0 aliphatic carbocycles. The Hall–Kier alpha value is -1.84. The van der Waals surface area contributed by atoms with Crippen LogP contribution in [0.2, 0.25) is 0 Å². The van der Waals surface area contributed by atoms with E-state index in [0.29, 0.717) is 19.4 Å². The molecule has 0 spiro atoms. The molecule has 1 unspecified atom stereocenters. The van der Waals surface area contributed by atoms with Crippen molar-refractivity contribution >= 4 is 17.6 Å². The Morgan fingerprint density at radius 3 is 2.89 bits per heavy atom. The van der Waals surface area contributed by atoms with Gasteiger partial charge in [-0.25, -0.2) is 0 Å². The Balaban J connectivity index is 2.30. The highest BCUT2D eigenvalue weighted by Crippen LogP contribution is 2.34. The van der Waals surface area contributed by atoms with Crippen LogP contribution in [0.4, 0.5) is 5.69 Å². The third kappa shape index (κ3) is 2.53. The zero-order valence-corrected chi connectivity index (χ0v) is 10.7. The molecule has 1 aliphatic rings. The molecule has 4 nitrogen and oxygen atoms in total. The quantitative estimate of drug-likeness (QED) is 0.752. The number of esters is 1. The number of fused-ring (bicyclic) bond motifs is 1. The molecule has 2 rings (SSSR count). The lowest BCUT2D eigenvalue weighted by Crippen LogP contribution is -2.24. The van der Waals surface area contributed by atoms with Crippen LogP contribution in [-0.2, 0) is 14.3 Å². The maximum absolute atomic E-state index is 11.9. The van der Waals surface area contributed by atoms with Crippen molar-refractivity contribution in [1.29, 1.82) is 0 Å². The van der Waals surface area contributed by atoms with Crippen molar-refractivity contribution in [2.45, 2.75) is 25.7 Å². The fourth-order valence-electron chi connectivity index (χ4n) is 2.28. The molecule has 4 heteroatoms. The minimum atomic E-state index is -0.281. The second-order valence-electron chi connectivity index (χ2n) is 4.55. The van der Waals surface area contributed by atoms with E-state index in [1.165, 1.54) is 6.92 Å². The molecule has 1 heterocycles. The van der Waals surface area contributed by atoms with Gasteiger partial charge in [0.05, 0.1) is 6.61 Å². The van der Waals surface area contributed by atoms with Crippen molar-refractivity contribution < 1.29 is 14.3 Å². The molecule has 1 amide bonds. The van der Waals surface area contributed by atoms with E-state index in [4.69, 9.17) is 4.74 Å². The third-order valence-corrected chi connectivity index (χ3v) is 3.31. The SMILES string of the molecule is CC(=O)OCC1CCC(=O)N(C)c2ccccc21. The summed E-state index contributed by atoms with van der Waals surface area (Å²) in [4.78, 5) is 24.5. The highest BCUT2D eigenvalue weighted by molar-refractivity contribution is 5.94. The van der Waals surface area contributed by atoms with E-state index in [9.17, 15) is 9.59 Å². The molecular weight excluding hydrogens is 230 g/mol. The number of benzene rings is 1. The monoisotopic (exact) mass is 247 g/mol. The number of rotatable bonds is 2. The van der Waals surface area contributed by atoms with Crippen LogP contribution in [0.15, 0.2) is 24.3 Å². The number of hydrogen-bond acceptors (Lipinski definition) is 3. The van der Waals surface area contributed by atoms with E-state index in [1.54, 1.807) is 11.9 Å². The lowest BCUT2D eigenvalue weighted by molar-refractivity contribution is -0.141. The number of para-hydroxylation sites is 1. The first kappa shape index (κ1) is 12.6. The van der Waals surface area contributed by atoms with Crippen molar-refractivity contribution in [2.24, 2.45) is 0 Å². The van der Waals surface area contributed by atoms with Gasteiger partial charge in [0.15, 0.2) is 0 Å². The predicted molar refractivity (Wildman–Crippen MR) is 68.5 cm³/mol. The number of carbonyl (C=O) groups excluding carboxylic acids is 2. The molecule has 0 aromatic heterocycles. The summed E-state index contributed by atoms with van der Waals surface area (Å²) in [6.07, 6.45) is 1.20. The molecule has 0 bridgehead atoms. The minimum Gasteiger partial charge on any atom is -0.465 e. The number of carbonyl (C=O) groups is 2. The summed E-state index contributed by atoms with van der Waals surface area (Å²) in [5.41, 5.74) is 1.99. The molecule has 1 aromatic rings. The Kier molecular flexibility index (Phi) is 3.65. The van der Waals surface area contributed by atoms with Gasteiger partial charge in [-0.15, -0.1) is 0 Å². The zero-order chi connectivity index (χ0) is 13.1. The summed E-state index contributed by atoms with van der Waals surface area (Å²) >= 11 is 0. The second-order valence-corrected chi connectivity index (χ2v) is 4.55. The van der Waals surface area contributed by atoms with Crippen LogP contribution >= 0.6 is 0 Å². The smallest absolute Gasteiger partial charge is 0.302 e. The maximum atomic E-state index is 11.9. The summed E-state index contributed by atoms with van der Waals surface area (Å²) in [5.74, 6) is -0.0804. The summed E-state index contributed by atoms with van der Waals surface area (Å²) in [6.45, 7) is 1.74. The molecule has 0 saturated carbocycles. The van der Waals surface area contributed by atoms with Gasteiger partial charge in [0.1, 0.15) is 0 Å². The van der Waals surface area contributed by atoms with Gasteiger partial charge in [-0.1, -0.05) is 18.2 Å². The van der Waals surface area contributed by atoms with E-state index >= 15 is 0 Å². The average Bonchev–Trinajstić information content (AvgIpc) is 2.48. The highest BCUT2D eigenvalue weighted by Gasteiger charge is 2.25. The van der Waals surface area contributed by atoms with Gasteiger partial charge in [0.25, 0.3) is 0 Å². The van der Waals surface area contributed by atoms with Crippen LogP contribution < -0.4 is 4.90 Å². The molecule has 1 aliphatic heterocycles. The van der Waals surface area contributed by atoms with Gasteiger partial charge in [-0.2, -0.15) is 0 Å². The van der Waals surface area contributed by atoms with Gasteiger partial charge in [-0.05, 0) is 18.1 Å². The van der Waals surface area contributed by atoms with Crippen molar-refractivity contribution in [3.8, 4) is 0 Å². The third-order valence-electron chi connectivity index (χ3n) is 3.31. The number of amides is 1. The van der Waals surface area contributed by atoms with Crippen LogP contribution in [0.5, 0.6) is 0 Å². The van der Waals surface area contributed by atoms with E-state index in [-0.39, 0.29) is 17.8 Å². The van der Waals surface area contributed by atoms with Crippen LogP contribution in [0.1, 0.15) is 31.2 Å². The number of ether oxygens (including phenoxy) is 1. The molecule has 96 valence electrons. The summed E-state index contributed by atoms with van der Waals surface area (Å²) in [7, 11) is 1.79. The van der Waals surface area contributed by atoms with Gasteiger partial charge in [0, 0.05) is 32.0 Å². The van der Waals surface area contributed by atoms with E-state index in [2.05, 4.69) is 0 Å². The normalized spacial score (nSPS) is 19.1. The summed E-state index contributed by atoms with van der Waals surface area (Å²) in [6, 6.07) is 7.79. The fourth-order valence-corrected chi connectivity index (χ4v) is 2.28. The summed E-state index contributed by atoms with van der Waals surface area (Å²) < 4.78 is 5.10. The molecule has 1 aromatic carbocycles. The van der Waals surface area contributed by atoms with Gasteiger partial charge < -0.3 is 9.64 Å². The Labute approximate surface area is 107 Å². The topological polar surface area (TPSA) is 46.6 Å². The van der Waals surface area contributed by atoms with Gasteiger partial charge in [0.2, 0.25) is 5.91 Å². The minimum absolute atomic E-state index is 0.0963. The molecule has 1 atom stereocenters. The Bertz CT molecular complexity index is 470. The first-order chi connectivity index (χ1) is 8.59. The standard InChI is InChI=1S/C14H17NO3/c1-10(16)18-9-11-7-8-14(17)15(2)13-6-4-3-5-12(11)13/h3-6,11H,7-9H2,1-2H3. The van der Waals surface area contributed by atoms with Crippen LogP contribution in [0, 0.1) is 0 Å². The Morgan fingerprint density at radius 2 is 2.17 bits per heavy atom. The molecule has 0 radical (unpaired) electrons. The average molecular weight is 247 g/mol. The van der Waals surface area contributed by atoms with Crippen molar-refractivity contribution in [3.05, 3.63) is 29.8 Å². The first-order valence-corrected chi connectivity index (χ1v) is 6.08. The van der Waals surface area contributed by atoms with E-state index in [0.717, 1.165) is 11.3 Å². The van der Waals surface area contributed by atoms with E-state index < -0.39 is 0 Å². The number of hydrogen-bond donors (Lipinski definition) is 0. The van der Waals surface area contributed by atoms with Crippen LogP contribution in [-0.4, -0.2) is 25.5 Å². The van der Waals surface area contributed by atoms with Crippen molar-refractivity contribution in [3.63, 3.8) is 0 Å². The molecular formula is C14H17NO3. The van der Waals surface area contributed by atoms with E-state index in [1.807, 2.05) is 24.3 Å². The lowest BCUT2D eigenvalue weighted by atomic mass is 9.95. The maximum Gasteiger partial charge on any atom is 0.302 e. The van der Waals surface area contributed by atoms with Crippen LogP contribution in [0.25, 0.3) is 0 Å². The molecule has 0 N–H and O–H groups in total. The Morgan fingerprint density at radius 1 is 1.44 bits per heavy atom. The van der Waals surface area contributed by atoms with Crippen molar-refractivity contribution in [1.82, 2.24) is 0 Å². The summed E-state index contributed by atoms with van der Waals surface area (Å²) in [5, 5.41) is 0. The number of anilines is 1. The number of nitrogens with zero attached hydrogens (tertiary/aromatic N) is 1. The first-order valence-electron chi connectivity index (χ1n) is 6.08. The van der Waals surface area contributed by atoms with Gasteiger partial charge in [-0.3, -0.25) is 9.59 Å². The molecule has 0 saturated heterocycles. The van der Waals surface area contributed by atoms with Crippen LogP contribution in [0.3, 0.4) is 0 Å². The highest BCUT2D eigenvalue weighted by atomic mass is 16.5. The van der Waals surface area contributed by atoms with Crippen molar-refractivity contribution in [2.75, 3.05) is 18.6 Å². The zero-order valence-electron chi connectivity index (χ0n) is 10.7. The molecule has 18 heavy (non-hydrogen) atoms. The second kappa shape index (κ2) is 5.21.